The fraction of sp³-hybridized carbons (Fsp3) is 0.444. The normalized spacial score (nSPS) is 17.2. The first-order valence-corrected chi connectivity index (χ1v) is 13.4. The first-order valence-electron chi connectivity index (χ1n) is 12.4. The van der Waals surface area contributed by atoms with E-state index in [1.165, 1.54) is 5.56 Å². The molecule has 0 saturated carbocycles. The Labute approximate surface area is 210 Å². The number of para-hydroxylation sites is 1. The van der Waals surface area contributed by atoms with Gasteiger partial charge < -0.3 is 14.4 Å². The molecule has 2 fully saturated rings. The van der Waals surface area contributed by atoms with E-state index in [0.29, 0.717) is 19.6 Å². The molecule has 0 N–H and O–H groups in total. The molecule has 8 heteroatoms. The van der Waals surface area contributed by atoms with Crippen molar-refractivity contribution in [3.63, 3.8) is 0 Å². The van der Waals surface area contributed by atoms with Gasteiger partial charge in [-0.15, -0.1) is 10.2 Å². The van der Waals surface area contributed by atoms with Crippen LogP contribution < -0.4 is 0 Å². The second-order valence-corrected chi connectivity index (χ2v) is 10.1. The summed E-state index contributed by atoms with van der Waals surface area (Å²) in [6.07, 6.45) is 4.68. The predicted molar refractivity (Wildman–Crippen MR) is 136 cm³/mol. The molecular weight excluding hydrogens is 460 g/mol. The van der Waals surface area contributed by atoms with Crippen LogP contribution in [0.4, 0.5) is 0 Å². The molecule has 7 nitrogen and oxygen atoms in total. The number of aromatic nitrogens is 3. The van der Waals surface area contributed by atoms with Crippen molar-refractivity contribution in [1.29, 1.82) is 0 Å². The lowest BCUT2D eigenvalue weighted by Gasteiger charge is -2.37. The average molecular weight is 493 g/mol. The number of nitrogens with zero attached hydrogens (tertiary/aromatic N) is 4. The van der Waals surface area contributed by atoms with Gasteiger partial charge in [-0.1, -0.05) is 60.3 Å². The molecule has 1 amide bonds. The molecule has 0 radical (unpaired) electrons. The summed E-state index contributed by atoms with van der Waals surface area (Å²) in [5.74, 6) is 1.63. The van der Waals surface area contributed by atoms with Gasteiger partial charge in [-0.05, 0) is 30.5 Å². The third kappa shape index (κ3) is 5.94. The molecule has 1 spiro atoms. The molecule has 35 heavy (non-hydrogen) atoms. The Morgan fingerprint density at radius 1 is 0.914 bits per heavy atom. The van der Waals surface area contributed by atoms with Crippen molar-refractivity contribution in [2.24, 2.45) is 0 Å². The van der Waals surface area contributed by atoms with Crippen LogP contribution in [-0.4, -0.2) is 63.4 Å². The quantitative estimate of drug-likeness (QED) is 0.324. The lowest BCUT2D eigenvalue weighted by Crippen LogP contribution is -2.47. The number of thioether (sulfide) groups is 1. The molecule has 1 aromatic heterocycles. The number of ether oxygens (including phenoxy) is 2. The van der Waals surface area contributed by atoms with Gasteiger partial charge in [0.1, 0.15) is 5.82 Å². The van der Waals surface area contributed by atoms with E-state index in [1.807, 2.05) is 41.3 Å². The van der Waals surface area contributed by atoms with E-state index in [1.54, 1.807) is 11.8 Å². The SMILES string of the molecule is O=C(CCCCSc1nnc(Cc2ccccc2)n1-c1ccccc1)N1CCC2(CC1)OCCO2. The Morgan fingerprint density at radius 3 is 2.31 bits per heavy atom. The summed E-state index contributed by atoms with van der Waals surface area (Å²) in [6, 6.07) is 20.6. The number of likely N-dealkylation sites (tertiary alicyclic amines) is 1. The Morgan fingerprint density at radius 2 is 1.60 bits per heavy atom. The van der Waals surface area contributed by atoms with Crippen molar-refractivity contribution in [3.8, 4) is 5.69 Å². The molecule has 3 aromatic rings. The van der Waals surface area contributed by atoms with E-state index in [-0.39, 0.29) is 5.91 Å². The van der Waals surface area contributed by atoms with Crippen LogP contribution in [0.15, 0.2) is 65.8 Å². The zero-order valence-electron chi connectivity index (χ0n) is 20.0. The fourth-order valence-electron chi connectivity index (χ4n) is 4.71. The highest BCUT2D eigenvalue weighted by Crippen LogP contribution is 2.31. The number of carbonyl (C=O) groups is 1. The number of amides is 1. The minimum atomic E-state index is -0.429. The fourth-order valence-corrected chi connectivity index (χ4v) is 5.67. The number of piperidine rings is 1. The Balaban J connectivity index is 1.12. The number of unbranched alkanes of at least 4 members (excludes halogenated alkanes) is 1. The largest absolute Gasteiger partial charge is 0.347 e. The summed E-state index contributed by atoms with van der Waals surface area (Å²) in [4.78, 5) is 14.6. The number of hydrogen-bond donors (Lipinski definition) is 0. The van der Waals surface area contributed by atoms with Gasteiger partial charge in [0.25, 0.3) is 0 Å². The summed E-state index contributed by atoms with van der Waals surface area (Å²) >= 11 is 1.70. The molecule has 0 atom stereocenters. The van der Waals surface area contributed by atoms with Crippen LogP contribution in [0.1, 0.15) is 43.5 Å². The van der Waals surface area contributed by atoms with Gasteiger partial charge in [0.15, 0.2) is 10.9 Å². The van der Waals surface area contributed by atoms with E-state index in [4.69, 9.17) is 9.47 Å². The average Bonchev–Trinajstić information content (AvgIpc) is 3.52. The lowest BCUT2D eigenvalue weighted by atomic mass is 10.0. The molecule has 2 aromatic carbocycles. The highest BCUT2D eigenvalue weighted by Gasteiger charge is 2.40. The topological polar surface area (TPSA) is 69.5 Å². The van der Waals surface area contributed by atoms with E-state index in [9.17, 15) is 4.79 Å². The number of carbonyl (C=O) groups excluding carboxylic acids is 1. The second-order valence-electron chi connectivity index (χ2n) is 9.03. The van der Waals surface area contributed by atoms with Crippen molar-refractivity contribution in [2.45, 2.75) is 49.5 Å². The molecule has 3 heterocycles. The summed E-state index contributed by atoms with van der Waals surface area (Å²) < 4.78 is 13.7. The summed E-state index contributed by atoms with van der Waals surface area (Å²) in [7, 11) is 0. The number of hydrogen-bond acceptors (Lipinski definition) is 6. The lowest BCUT2D eigenvalue weighted by molar-refractivity contribution is -0.187. The zero-order valence-corrected chi connectivity index (χ0v) is 20.8. The highest BCUT2D eigenvalue weighted by atomic mass is 32.2. The van der Waals surface area contributed by atoms with E-state index in [0.717, 1.165) is 67.6 Å². The molecule has 0 unspecified atom stereocenters. The highest BCUT2D eigenvalue weighted by molar-refractivity contribution is 7.99. The standard InChI is InChI=1S/C27H32N4O3S/c32-25(30-16-14-27(15-17-30)33-18-19-34-27)13-7-8-20-35-26-29-28-24(21-22-9-3-1-4-10-22)31(26)23-11-5-2-6-12-23/h1-6,9-12H,7-8,13-21H2. The van der Waals surface area contributed by atoms with E-state index < -0.39 is 5.79 Å². The van der Waals surface area contributed by atoms with E-state index in [2.05, 4.69) is 39.0 Å². The van der Waals surface area contributed by atoms with Crippen LogP contribution >= 0.6 is 11.8 Å². The monoisotopic (exact) mass is 492 g/mol. The molecule has 0 bridgehead atoms. The van der Waals surface area contributed by atoms with Crippen LogP contribution in [0.3, 0.4) is 0 Å². The second kappa shape index (κ2) is 11.4. The van der Waals surface area contributed by atoms with Crippen molar-refractivity contribution in [3.05, 3.63) is 72.1 Å². The van der Waals surface area contributed by atoms with Gasteiger partial charge in [-0.25, -0.2) is 0 Å². The maximum atomic E-state index is 12.7. The smallest absolute Gasteiger partial charge is 0.222 e. The predicted octanol–water partition coefficient (Wildman–Crippen LogP) is 4.49. The van der Waals surface area contributed by atoms with Gasteiger partial charge >= 0.3 is 0 Å². The maximum Gasteiger partial charge on any atom is 0.222 e. The maximum absolute atomic E-state index is 12.7. The van der Waals surface area contributed by atoms with Crippen LogP contribution in [0, 0.1) is 0 Å². The molecule has 0 aliphatic carbocycles. The van der Waals surface area contributed by atoms with Crippen molar-refractivity contribution < 1.29 is 14.3 Å². The van der Waals surface area contributed by atoms with Gasteiger partial charge in [-0.3, -0.25) is 9.36 Å². The zero-order chi connectivity index (χ0) is 23.9. The van der Waals surface area contributed by atoms with Gasteiger partial charge in [0.05, 0.1) is 13.2 Å². The Kier molecular flexibility index (Phi) is 7.81. The molecule has 184 valence electrons. The van der Waals surface area contributed by atoms with Crippen molar-refractivity contribution >= 4 is 17.7 Å². The van der Waals surface area contributed by atoms with Crippen molar-refractivity contribution in [2.75, 3.05) is 32.1 Å². The minimum Gasteiger partial charge on any atom is -0.347 e. The molecule has 2 aliphatic rings. The Hall–Kier alpha value is -2.68. The molecule has 5 rings (SSSR count). The van der Waals surface area contributed by atoms with Crippen LogP contribution in [0.25, 0.3) is 5.69 Å². The van der Waals surface area contributed by atoms with Crippen LogP contribution in [0.5, 0.6) is 0 Å². The van der Waals surface area contributed by atoms with Crippen molar-refractivity contribution in [1.82, 2.24) is 19.7 Å². The third-order valence-electron chi connectivity index (χ3n) is 6.63. The third-order valence-corrected chi connectivity index (χ3v) is 7.64. The first-order chi connectivity index (χ1) is 17.2. The van der Waals surface area contributed by atoms with Crippen LogP contribution in [-0.2, 0) is 20.7 Å². The summed E-state index contributed by atoms with van der Waals surface area (Å²) in [6.45, 7) is 2.77. The van der Waals surface area contributed by atoms with Crippen LogP contribution in [0.2, 0.25) is 0 Å². The number of benzene rings is 2. The minimum absolute atomic E-state index is 0.237. The molecular formula is C27H32N4O3S. The summed E-state index contributed by atoms with van der Waals surface area (Å²) in [5.41, 5.74) is 2.28. The van der Waals surface area contributed by atoms with Gasteiger partial charge in [-0.2, -0.15) is 0 Å². The Bertz CT molecular complexity index is 1090. The summed E-state index contributed by atoms with van der Waals surface area (Å²) in [5, 5.41) is 9.92. The van der Waals surface area contributed by atoms with Gasteiger partial charge in [0.2, 0.25) is 5.91 Å². The number of rotatable bonds is 9. The molecule has 2 saturated heterocycles. The van der Waals surface area contributed by atoms with E-state index >= 15 is 0 Å². The van der Waals surface area contributed by atoms with Gasteiger partial charge in [0, 0.05) is 50.2 Å². The molecule has 2 aliphatic heterocycles. The first kappa shape index (κ1) is 24.0.